The Bertz CT molecular complexity index is 350. The molecule has 0 aliphatic rings. The molecule has 0 unspecified atom stereocenters. The van der Waals surface area contributed by atoms with Crippen LogP contribution in [0.5, 0.6) is 0 Å². The van der Waals surface area contributed by atoms with Gasteiger partial charge in [0.25, 0.3) is 0 Å². The summed E-state index contributed by atoms with van der Waals surface area (Å²) in [5.74, 6) is 0.792. The van der Waals surface area contributed by atoms with E-state index in [1.165, 1.54) is 35.1 Å². The van der Waals surface area contributed by atoms with Crippen molar-refractivity contribution in [1.82, 2.24) is 4.90 Å². The first-order valence-electron chi connectivity index (χ1n) is 6.86. The predicted octanol–water partition coefficient (Wildman–Crippen LogP) is 4.45. The summed E-state index contributed by atoms with van der Waals surface area (Å²) < 4.78 is 0. The second-order valence-corrected chi connectivity index (χ2v) is 5.74. The molecule has 0 amide bonds. The molecule has 0 aromatic heterocycles. The van der Waals surface area contributed by atoms with Crippen LogP contribution in [0.25, 0.3) is 0 Å². The van der Waals surface area contributed by atoms with E-state index in [-0.39, 0.29) is 0 Å². The summed E-state index contributed by atoms with van der Waals surface area (Å²) in [6.07, 6.45) is 3.62. The number of halogens is 1. The first-order valence-corrected chi connectivity index (χ1v) is 7.39. The van der Waals surface area contributed by atoms with E-state index in [9.17, 15) is 0 Å². The molecule has 1 aromatic rings. The molecule has 0 atom stereocenters. The Hall–Kier alpha value is -0.530. The van der Waals surface area contributed by atoms with E-state index in [4.69, 9.17) is 11.6 Å². The molecule has 1 nitrogen and oxygen atoms in total. The van der Waals surface area contributed by atoms with Crippen molar-refractivity contribution in [1.29, 1.82) is 0 Å². The highest BCUT2D eigenvalue weighted by Crippen LogP contribution is 2.18. The number of nitrogens with zero attached hydrogens (tertiary/aromatic N) is 1. The molecule has 102 valence electrons. The SMILES string of the molecule is Cc1cc(C)c(CN(C)CCCCCCl)c(C)c1. The van der Waals surface area contributed by atoms with Crippen molar-refractivity contribution in [3.63, 3.8) is 0 Å². The zero-order chi connectivity index (χ0) is 13.5. The average Bonchev–Trinajstić information content (AvgIpc) is 2.29. The minimum absolute atomic E-state index is 0.792. The Morgan fingerprint density at radius 1 is 1.00 bits per heavy atom. The van der Waals surface area contributed by atoms with Crippen LogP contribution in [0.2, 0.25) is 0 Å². The van der Waals surface area contributed by atoms with Crippen LogP contribution in [-0.2, 0) is 6.54 Å². The number of rotatable bonds is 7. The number of alkyl halides is 1. The first-order chi connectivity index (χ1) is 8.54. The normalized spacial score (nSPS) is 11.2. The van der Waals surface area contributed by atoms with E-state index >= 15 is 0 Å². The summed E-state index contributed by atoms with van der Waals surface area (Å²) in [5, 5.41) is 0. The van der Waals surface area contributed by atoms with Crippen LogP contribution in [0, 0.1) is 20.8 Å². The number of aryl methyl sites for hydroxylation is 3. The summed E-state index contributed by atoms with van der Waals surface area (Å²) >= 11 is 5.69. The number of benzene rings is 1. The fourth-order valence-corrected chi connectivity index (χ4v) is 2.65. The van der Waals surface area contributed by atoms with E-state index in [0.717, 1.165) is 25.4 Å². The van der Waals surface area contributed by atoms with Gasteiger partial charge >= 0.3 is 0 Å². The van der Waals surface area contributed by atoms with E-state index < -0.39 is 0 Å². The van der Waals surface area contributed by atoms with Crippen molar-refractivity contribution < 1.29 is 0 Å². The molecule has 0 aliphatic carbocycles. The van der Waals surface area contributed by atoms with E-state index in [1.54, 1.807) is 0 Å². The van der Waals surface area contributed by atoms with E-state index in [2.05, 4.69) is 44.9 Å². The minimum atomic E-state index is 0.792. The van der Waals surface area contributed by atoms with Crippen LogP contribution in [0.1, 0.15) is 41.5 Å². The average molecular weight is 268 g/mol. The third kappa shape index (κ3) is 4.99. The summed E-state index contributed by atoms with van der Waals surface area (Å²) in [5.41, 5.74) is 5.68. The van der Waals surface area contributed by atoms with E-state index in [1.807, 2.05) is 0 Å². The molecule has 1 rings (SSSR count). The maximum atomic E-state index is 5.69. The van der Waals surface area contributed by atoms with Crippen LogP contribution in [0.15, 0.2) is 12.1 Å². The van der Waals surface area contributed by atoms with Crippen LogP contribution in [-0.4, -0.2) is 24.4 Å². The summed E-state index contributed by atoms with van der Waals surface area (Å²) in [4.78, 5) is 2.42. The van der Waals surface area contributed by atoms with Crippen molar-refractivity contribution in [3.8, 4) is 0 Å². The van der Waals surface area contributed by atoms with Crippen LogP contribution >= 0.6 is 11.6 Å². The second-order valence-electron chi connectivity index (χ2n) is 5.36. The highest BCUT2D eigenvalue weighted by atomic mass is 35.5. The lowest BCUT2D eigenvalue weighted by atomic mass is 9.99. The van der Waals surface area contributed by atoms with E-state index in [0.29, 0.717) is 0 Å². The van der Waals surface area contributed by atoms with Crippen LogP contribution in [0.4, 0.5) is 0 Å². The smallest absolute Gasteiger partial charge is 0.0235 e. The maximum Gasteiger partial charge on any atom is 0.0235 e. The van der Waals surface area contributed by atoms with Gasteiger partial charge in [0.15, 0.2) is 0 Å². The third-order valence-corrected chi connectivity index (χ3v) is 3.71. The van der Waals surface area contributed by atoms with Crippen molar-refractivity contribution in [2.75, 3.05) is 19.5 Å². The molecule has 0 saturated carbocycles. The zero-order valence-corrected chi connectivity index (χ0v) is 13.0. The Kier molecular flexibility index (Phi) is 6.73. The van der Waals surface area contributed by atoms with Gasteiger partial charge in [-0.1, -0.05) is 24.1 Å². The molecule has 0 N–H and O–H groups in total. The number of hydrogen-bond donors (Lipinski definition) is 0. The molecule has 0 aliphatic heterocycles. The van der Waals surface area contributed by atoms with Crippen molar-refractivity contribution in [2.24, 2.45) is 0 Å². The Balaban J connectivity index is 2.51. The topological polar surface area (TPSA) is 3.24 Å². The molecule has 2 heteroatoms. The monoisotopic (exact) mass is 267 g/mol. The fourth-order valence-electron chi connectivity index (χ4n) is 2.46. The summed E-state index contributed by atoms with van der Waals surface area (Å²) in [6, 6.07) is 4.56. The molecule has 0 spiro atoms. The lowest BCUT2D eigenvalue weighted by molar-refractivity contribution is 0.317. The molecular formula is C16H26ClN. The van der Waals surface area contributed by atoms with Gasteiger partial charge in [-0.3, -0.25) is 0 Å². The number of hydrogen-bond acceptors (Lipinski definition) is 1. The summed E-state index contributed by atoms with van der Waals surface area (Å²) in [6.45, 7) is 8.81. The van der Waals surface area contributed by atoms with Gasteiger partial charge in [-0.2, -0.15) is 0 Å². The molecule has 1 aromatic carbocycles. The molecule has 0 saturated heterocycles. The molecule has 0 fully saturated rings. The zero-order valence-electron chi connectivity index (χ0n) is 12.2. The lowest BCUT2D eigenvalue weighted by Crippen LogP contribution is -2.20. The largest absolute Gasteiger partial charge is 0.302 e. The Labute approximate surface area is 117 Å². The van der Waals surface area contributed by atoms with Crippen molar-refractivity contribution in [3.05, 3.63) is 34.4 Å². The highest BCUT2D eigenvalue weighted by Gasteiger charge is 2.06. The Morgan fingerprint density at radius 3 is 2.17 bits per heavy atom. The maximum absolute atomic E-state index is 5.69. The molecule has 18 heavy (non-hydrogen) atoms. The van der Waals surface area contributed by atoms with Gasteiger partial charge in [-0.15, -0.1) is 11.6 Å². The van der Waals surface area contributed by atoms with Gasteiger partial charge in [-0.25, -0.2) is 0 Å². The Morgan fingerprint density at radius 2 is 1.61 bits per heavy atom. The third-order valence-electron chi connectivity index (χ3n) is 3.44. The molecular weight excluding hydrogens is 242 g/mol. The second kappa shape index (κ2) is 7.81. The van der Waals surface area contributed by atoms with Crippen LogP contribution in [0.3, 0.4) is 0 Å². The lowest BCUT2D eigenvalue weighted by Gasteiger charge is -2.20. The molecule has 0 heterocycles. The highest BCUT2D eigenvalue weighted by molar-refractivity contribution is 6.17. The predicted molar refractivity (Wildman–Crippen MR) is 81.6 cm³/mol. The van der Waals surface area contributed by atoms with Crippen molar-refractivity contribution >= 4 is 11.6 Å². The summed E-state index contributed by atoms with van der Waals surface area (Å²) in [7, 11) is 2.21. The van der Waals surface area contributed by atoms with Gasteiger partial charge in [-0.05, 0) is 63.9 Å². The first kappa shape index (κ1) is 15.5. The standard InChI is InChI=1S/C16H26ClN/c1-13-10-14(2)16(15(3)11-13)12-18(4)9-7-5-6-8-17/h10-11H,5-9,12H2,1-4H3. The number of unbranched alkanes of at least 4 members (excludes halogenated alkanes) is 2. The fraction of sp³-hybridized carbons (Fsp3) is 0.625. The van der Waals surface area contributed by atoms with Gasteiger partial charge < -0.3 is 4.90 Å². The van der Waals surface area contributed by atoms with Crippen LogP contribution < -0.4 is 0 Å². The van der Waals surface area contributed by atoms with Gasteiger partial charge in [0, 0.05) is 12.4 Å². The minimum Gasteiger partial charge on any atom is -0.302 e. The van der Waals surface area contributed by atoms with Gasteiger partial charge in [0.2, 0.25) is 0 Å². The van der Waals surface area contributed by atoms with Gasteiger partial charge in [0.1, 0.15) is 0 Å². The van der Waals surface area contributed by atoms with Gasteiger partial charge in [0.05, 0.1) is 0 Å². The van der Waals surface area contributed by atoms with Crippen molar-refractivity contribution in [2.45, 2.75) is 46.6 Å². The molecule has 0 radical (unpaired) electrons. The molecule has 0 bridgehead atoms. The quantitative estimate of drug-likeness (QED) is 0.521.